The second-order valence-electron chi connectivity index (χ2n) is 6.26. The molecule has 0 aliphatic carbocycles. The number of methoxy groups -OCH3 is 1. The van der Waals surface area contributed by atoms with Crippen molar-refractivity contribution in [2.45, 2.75) is 25.6 Å². The molecular formula is C18H19N3O5. The normalized spacial score (nSPS) is 23.3. The number of nitro groups is 1. The maximum absolute atomic E-state index is 13.2. The fourth-order valence-electron chi connectivity index (χ4n) is 3.27. The number of hydroxylamine groups is 3. The van der Waals surface area contributed by atoms with Gasteiger partial charge in [-0.3, -0.25) is 10.1 Å². The molecule has 26 heavy (non-hydrogen) atoms. The molecule has 3 rings (SSSR count). The summed E-state index contributed by atoms with van der Waals surface area (Å²) >= 11 is 0. The summed E-state index contributed by atoms with van der Waals surface area (Å²) in [4.78, 5) is 10.5. The summed E-state index contributed by atoms with van der Waals surface area (Å²) < 4.78 is 5.83. The lowest BCUT2D eigenvalue weighted by Gasteiger charge is -2.29. The number of rotatable bonds is 4. The summed E-state index contributed by atoms with van der Waals surface area (Å²) in [7, 11) is 1.55. The number of non-ortho nitro benzene ring substituents is 1. The Morgan fingerprint density at radius 1 is 1.27 bits per heavy atom. The predicted octanol–water partition coefficient (Wildman–Crippen LogP) is 2.87. The summed E-state index contributed by atoms with van der Waals surface area (Å²) in [5.74, 6) is 0.653. The van der Waals surface area contributed by atoms with Gasteiger partial charge < -0.3 is 15.2 Å². The van der Waals surface area contributed by atoms with Crippen LogP contribution in [-0.2, 0) is 5.66 Å². The second kappa shape index (κ2) is 6.40. The maximum Gasteiger partial charge on any atom is 0.274 e. The van der Waals surface area contributed by atoms with Crippen LogP contribution in [0, 0.1) is 15.3 Å². The highest BCUT2D eigenvalue weighted by Gasteiger charge is 2.54. The molecule has 0 radical (unpaired) electrons. The van der Waals surface area contributed by atoms with Crippen molar-refractivity contribution in [3.8, 4) is 5.75 Å². The van der Waals surface area contributed by atoms with E-state index in [1.165, 1.54) is 25.1 Å². The zero-order valence-electron chi connectivity index (χ0n) is 14.6. The Morgan fingerprint density at radius 3 is 2.50 bits per heavy atom. The largest absolute Gasteiger partial charge is 0.622 e. The first-order chi connectivity index (χ1) is 12.3. The van der Waals surface area contributed by atoms with Gasteiger partial charge in [0.05, 0.1) is 12.0 Å². The molecule has 0 aromatic heterocycles. The molecule has 1 N–H and O–H groups in total. The van der Waals surface area contributed by atoms with Crippen molar-refractivity contribution in [1.29, 1.82) is 0 Å². The summed E-state index contributed by atoms with van der Waals surface area (Å²) in [5, 5.41) is 35.8. The minimum absolute atomic E-state index is 0.143. The number of hydrogen-bond donors (Lipinski definition) is 1. The van der Waals surface area contributed by atoms with Gasteiger partial charge in [-0.25, -0.2) is 0 Å². The Morgan fingerprint density at radius 2 is 1.92 bits per heavy atom. The number of benzene rings is 2. The van der Waals surface area contributed by atoms with Crippen LogP contribution in [0.1, 0.15) is 25.0 Å². The van der Waals surface area contributed by atoms with Crippen molar-refractivity contribution < 1.29 is 19.6 Å². The minimum atomic E-state index is -1.49. The van der Waals surface area contributed by atoms with Crippen molar-refractivity contribution in [2.24, 2.45) is 0 Å². The highest BCUT2D eigenvalue weighted by atomic mass is 16.6. The van der Waals surface area contributed by atoms with Gasteiger partial charge in [0.15, 0.2) is 0 Å². The molecule has 1 aliphatic rings. The summed E-state index contributed by atoms with van der Waals surface area (Å²) in [6.07, 6.45) is 0. The fraction of sp³-hybridized carbons (Fsp3) is 0.278. The monoisotopic (exact) mass is 357 g/mol. The Labute approximate surface area is 150 Å². The van der Waals surface area contributed by atoms with Crippen molar-refractivity contribution in [1.82, 2.24) is 5.06 Å². The Kier molecular flexibility index (Phi) is 4.39. The van der Waals surface area contributed by atoms with Gasteiger partial charge in [-0.2, -0.15) is 4.74 Å². The third-order valence-corrected chi connectivity index (χ3v) is 4.81. The molecule has 2 atom stereocenters. The number of nitro benzene ring substituents is 1. The third kappa shape index (κ3) is 2.59. The molecule has 0 saturated heterocycles. The van der Waals surface area contributed by atoms with Crippen molar-refractivity contribution in [3.05, 3.63) is 75.0 Å². The lowest BCUT2D eigenvalue weighted by Crippen LogP contribution is -2.45. The standard InChI is InChI=1S/C18H19N3O5/c1-12-17(13-7-9-16(26-3)10-8-13)20(23)18(2,19(12)22)14-5-4-6-15(11-14)21(24)25/h4-12,22H,1-3H3/t12-,18-/m0/s1. The van der Waals surface area contributed by atoms with Gasteiger partial charge in [-0.15, -0.1) is 5.06 Å². The van der Waals surface area contributed by atoms with Gasteiger partial charge in [0.1, 0.15) is 11.8 Å². The van der Waals surface area contributed by atoms with Crippen LogP contribution in [0.3, 0.4) is 0 Å². The van der Waals surface area contributed by atoms with E-state index in [0.717, 1.165) is 5.06 Å². The van der Waals surface area contributed by atoms with Gasteiger partial charge in [-0.1, -0.05) is 6.07 Å². The van der Waals surface area contributed by atoms with Crippen LogP contribution in [0.15, 0.2) is 48.5 Å². The number of ether oxygens (including phenoxy) is 1. The van der Waals surface area contributed by atoms with Gasteiger partial charge in [0.25, 0.3) is 11.4 Å². The SMILES string of the molecule is COc1ccc(C2=[N+]([O-])[C@@](C)(c3cccc([N+](=O)[O-])c3)N(O)[C@H]2C)cc1. The molecule has 2 aromatic carbocycles. The smallest absolute Gasteiger partial charge is 0.274 e. The van der Waals surface area contributed by atoms with Crippen LogP contribution >= 0.6 is 0 Å². The first-order valence-corrected chi connectivity index (χ1v) is 8.02. The van der Waals surface area contributed by atoms with E-state index < -0.39 is 16.6 Å². The van der Waals surface area contributed by atoms with E-state index in [2.05, 4.69) is 0 Å². The number of nitrogens with zero attached hydrogens (tertiary/aromatic N) is 3. The average molecular weight is 357 g/mol. The lowest BCUT2D eigenvalue weighted by atomic mass is 10.0. The molecule has 1 aliphatic heterocycles. The van der Waals surface area contributed by atoms with E-state index in [4.69, 9.17) is 4.74 Å². The lowest BCUT2D eigenvalue weighted by molar-refractivity contribution is -0.595. The molecule has 1 heterocycles. The third-order valence-electron chi connectivity index (χ3n) is 4.81. The topological polar surface area (TPSA) is 102 Å². The second-order valence-corrected chi connectivity index (χ2v) is 6.26. The van der Waals surface area contributed by atoms with Crippen LogP contribution in [0.2, 0.25) is 0 Å². The number of hydrogen-bond acceptors (Lipinski definition) is 6. The molecule has 2 aromatic rings. The van der Waals surface area contributed by atoms with E-state index >= 15 is 0 Å². The molecule has 136 valence electrons. The van der Waals surface area contributed by atoms with Crippen LogP contribution in [0.25, 0.3) is 0 Å². The summed E-state index contributed by atoms with van der Waals surface area (Å²) in [6, 6.07) is 12.1. The maximum atomic E-state index is 13.2. The van der Waals surface area contributed by atoms with Gasteiger partial charge >= 0.3 is 0 Å². The first-order valence-electron chi connectivity index (χ1n) is 8.02. The van der Waals surface area contributed by atoms with Crippen LogP contribution in [0.5, 0.6) is 5.75 Å². The highest BCUT2D eigenvalue weighted by molar-refractivity contribution is 6.01. The summed E-state index contributed by atoms with van der Waals surface area (Å²) in [5.41, 5.74) is -0.290. The Bertz CT molecular complexity index is 881. The van der Waals surface area contributed by atoms with Crippen LogP contribution in [0.4, 0.5) is 5.69 Å². The predicted molar refractivity (Wildman–Crippen MR) is 94.3 cm³/mol. The van der Waals surface area contributed by atoms with Gasteiger partial charge in [0, 0.05) is 30.2 Å². The Hall–Kier alpha value is -2.97. The molecule has 0 amide bonds. The molecular weight excluding hydrogens is 338 g/mol. The molecule has 0 unspecified atom stereocenters. The molecule has 0 fully saturated rings. The summed E-state index contributed by atoms with van der Waals surface area (Å²) in [6.45, 7) is 3.24. The zero-order chi connectivity index (χ0) is 19.1. The molecule has 0 saturated carbocycles. The van der Waals surface area contributed by atoms with Gasteiger partial charge in [0.2, 0.25) is 5.71 Å². The van der Waals surface area contributed by atoms with Crippen molar-refractivity contribution in [3.63, 3.8) is 0 Å². The zero-order valence-corrected chi connectivity index (χ0v) is 14.6. The highest BCUT2D eigenvalue weighted by Crippen LogP contribution is 2.37. The molecule has 0 spiro atoms. The quantitative estimate of drug-likeness (QED) is 0.391. The van der Waals surface area contributed by atoms with Crippen molar-refractivity contribution >= 4 is 11.4 Å². The van der Waals surface area contributed by atoms with E-state index in [1.54, 1.807) is 44.4 Å². The average Bonchev–Trinajstić information content (AvgIpc) is 2.83. The van der Waals surface area contributed by atoms with Crippen LogP contribution in [-0.4, -0.2) is 38.8 Å². The van der Waals surface area contributed by atoms with Gasteiger partial charge in [-0.05, 0) is 37.3 Å². The van der Waals surface area contributed by atoms with E-state index in [-0.39, 0.29) is 5.69 Å². The first kappa shape index (κ1) is 17.8. The molecule has 8 nitrogen and oxygen atoms in total. The minimum Gasteiger partial charge on any atom is -0.622 e. The Balaban J connectivity index is 2.13. The molecule has 0 bridgehead atoms. The van der Waals surface area contributed by atoms with E-state index in [0.29, 0.717) is 27.3 Å². The van der Waals surface area contributed by atoms with E-state index in [9.17, 15) is 20.5 Å². The van der Waals surface area contributed by atoms with Crippen LogP contribution < -0.4 is 4.74 Å². The molecule has 8 heteroatoms. The fourth-order valence-corrected chi connectivity index (χ4v) is 3.27. The van der Waals surface area contributed by atoms with Crippen molar-refractivity contribution in [2.75, 3.05) is 7.11 Å². The van der Waals surface area contributed by atoms with E-state index in [1.807, 2.05) is 0 Å².